The normalized spacial score (nSPS) is 13.6. The Morgan fingerprint density at radius 1 is 1.00 bits per heavy atom. The van der Waals surface area contributed by atoms with Crippen LogP contribution in [0.25, 0.3) is 0 Å². The van der Waals surface area contributed by atoms with Gasteiger partial charge in [-0.05, 0) is 18.2 Å². The first kappa shape index (κ1) is 14.9. The molecule has 0 heterocycles. The number of rotatable bonds is 2. The first-order chi connectivity index (χ1) is 7.87. The molecule has 11 heteroatoms. The van der Waals surface area contributed by atoms with Crippen molar-refractivity contribution in [3.8, 4) is 0 Å². The van der Waals surface area contributed by atoms with Gasteiger partial charge in [-0.1, -0.05) is 0 Å². The Balaban J connectivity index is 3.76. The van der Waals surface area contributed by atoms with Crippen LogP contribution in [0.4, 0.5) is 17.6 Å². The molecule has 0 spiro atoms. The molecule has 0 aliphatic rings. The number of halogens is 4. The van der Waals surface area contributed by atoms with Crippen LogP contribution in [0.5, 0.6) is 0 Å². The molecule has 0 saturated heterocycles. The third-order valence-electron chi connectivity index (χ3n) is 1.81. The van der Waals surface area contributed by atoms with E-state index in [0.717, 1.165) is 0 Å². The van der Waals surface area contributed by atoms with Crippen LogP contribution in [-0.4, -0.2) is 22.3 Å². The van der Waals surface area contributed by atoms with E-state index < -0.39 is 41.0 Å². The summed E-state index contributed by atoms with van der Waals surface area (Å²) in [5.41, 5.74) is -5.76. The van der Waals surface area contributed by atoms with Crippen LogP contribution in [0.2, 0.25) is 0 Å². The van der Waals surface area contributed by atoms with Crippen LogP contribution in [0.3, 0.4) is 0 Å². The molecule has 0 unspecified atom stereocenters. The standard InChI is InChI=1S/C7H5F4NO4S2/c8-4-1-2-5(18(12,15)16)6(3-4)17(13,14)7(9,10)11/h1-3H,(H2,12,15,16). The average Bonchev–Trinajstić information content (AvgIpc) is 2.13. The van der Waals surface area contributed by atoms with Gasteiger partial charge < -0.3 is 0 Å². The van der Waals surface area contributed by atoms with Crippen molar-refractivity contribution in [1.82, 2.24) is 0 Å². The van der Waals surface area contributed by atoms with E-state index in [4.69, 9.17) is 0 Å². The van der Waals surface area contributed by atoms with E-state index >= 15 is 0 Å². The second-order valence-electron chi connectivity index (χ2n) is 3.09. The van der Waals surface area contributed by atoms with E-state index in [9.17, 15) is 34.4 Å². The third kappa shape index (κ3) is 2.62. The topological polar surface area (TPSA) is 94.3 Å². The van der Waals surface area contributed by atoms with Crippen molar-refractivity contribution in [2.45, 2.75) is 15.3 Å². The fourth-order valence-corrected chi connectivity index (χ4v) is 3.18. The van der Waals surface area contributed by atoms with Crippen LogP contribution in [-0.2, 0) is 19.9 Å². The monoisotopic (exact) mass is 307 g/mol. The number of sulfone groups is 1. The molecule has 0 saturated carbocycles. The Labute approximate surface area is 99.2 Å². The highest BCUT2D eigenvalue weighted by molar-refractivity contribution is 7.94. The molecule has 0 atom stereocenters. The summed E-state index contributed by atoms with van der Waals surface area (Å²) in [6.45, 7) is 0. The molecule has 0 fully saturated rings. The molecule has 0 aromatic heterocycles. The molecular formula is C7H5F4NO4S2. The molecule has 5 nitrogen and oxygen atoms in total. The zero-order chi connectivity index (χ0) is 14.4. The Hall–Kier alpha value is -1.20. The zero-order valence-corrected chi connectivity index (χ0v) is 9.90. The first-order valence-electron chi connectivity index (χ1n) is 4.01. The highest BCUT2D eigenvalue weighted by Gasteiger charge is 2.49. The lowest BCUT2D eigenvalue weighted by atomic mass is 10.3. The predicted octanol–water partition coefficient (Wildman–Crippen LogP) is 0.767. The van der Waals surface area contributed by atoms with Gasteiger partial charge in [-0.2, -0.15) is 13.2 Å². The maximum atomic E-state index is 12.8. The number of benzene rings is 1. The summed E-state index contributed by atoms with van der Waals surface area (Å²) in [6.07, 6.45) is 0. The molecule has 1 aromatic carbocycles. The van der Waals surface area contributed by atoms with E-state index in [1.165, 1.54) is 0 Å². The predicted molar refractivity (Wildman–Crippen MR) is 51.0 cm³/mol. The van der Waals surface area contributed by atoms with Crippen molar-refractivity contribution in [2.24, 2.45) is 5.14 Å². The van der Waals surface area contributed by atoms with Crippen molar-refractivity contribution in [3.05, 3.63) is 24.0 Å². The van der Waals surface area contributed by atoms with Gasteiger partial charge in [0.1, 0.15) is 10.7 Å². The summed E-state index contributed by atoms with van der Waals surface area (Å²) in [5, 5.41) is 4.57. The molecule has 0 radical (unpaired) electrons. The molecule has 1 rings (SSSR count). The second kappa shape index (κ2) is 4.17. The van der Waals surface area contributed by atoms with Gasteiger partial charge in [0.15, 0.2) is 0 Å². The lowest BCUT2D eigenvalue weighted by molar-refractivity contribution is -0.0437. The summed E-state index contributed by atoms with van der Waals surface area (Å²) in [4.78, 5) is -3.06. The van der Waals surface area contributed by atoms with Gasteiger partial charge in [0, 0.05) is 0 Å². The molecule has 0 aliphatic heterocycles. The number of alkyl halides is 3. The summed E-state index contributed by atoms with van der Waals surface area (Å²) in [7, 11) is -10.8. The SMILES string of the molecule is NS(=O)(=O)c1ccc(F)cc1S(=O)(=O)C(F)(F)F. The third-order valence-corrected chi connectivity index (χ3v) is 4.43. The zero-order valence-electron chi connectivity index (χ0n) is 8.27. The van der Waals surface area contributed by atoms with Crippen LogP contribution >= 0.6 is 0 Å². The molecule has 0 aliphatic carbocycles. The highest BCUT2D eigenvalue weighted by Crippen LogP contribution is 2.33. The molecule has 102 valence electrons. The summed E-state index contributed by atoms with van der Waals surface area (Å²) >= 11 is 0. The number of hydrogen-bond acceptors (Lipinski definition) is 4. The maximum Gasteiger partial charge on any atom is 0.501 e. The maximum absolute atomic E-state index is 12.8. The van der Waals surface area contributed by atoms with E-state index in [-0.39, 0.29) is 6.07 Å². The van der Waals surface area contributed by atoms with E-state index in [1.807, 2.05) is 0 Å². The fourth-order valence-electron chi connectivity index (χ4n) is 1.05. The number of nitrogens with two attached hydrogens (primary N) is 1. The summed E-state index contributed by atoms with van der Waals surface area (Å²) in [5.74, 6) is -1.34. The van der Waals surface area contributed by atoms with Crippen LogP contribution < -0.4 is 5.14 Å². The van der Waals surface area contributed by atoms with Crippen molar-refractivity contribution >= 4 is 19.9 Å². The Morgan fingerprint density at radius 2 is 1.50 bits per heavy atom. The molecule has 2 N–H and O–H groups in total. The van der Waals surface area contributed by atoms with Gasteiger partial charge in [0.2, 0.25) is 10.0 Å². The van der Waals surface area contributed by atoms with E-state index in [0.29, 0.717) is 12.1 Å². The summed E-state index contributed by atoms with van der Waals surface area (Å²) < 4.78 is 93.7. The first-order valence-corrected chi connectivity index (χ1v) is 7.04. The Kier molecular flexibility index (Phi) is 3.44. The van der Waals surface area contributed by atoms with Gasteiger partial charge in [-0.3, -0.25) is 0 Å². The average molecular weight is 307 g/mol. The second-order valence-corrected chi connectivity index (χ2v) is 6.52. The van der Waals surface area contributed by atoms with Crippen molar-refractivity contribution < 1.29 is 34.4 Å². The fraction of sp³-hybridized carbons (Fsp3) is 0.143. The van der Waals surface area contributed by atoms with E-state index in [2.05, 4.69) is 5.14 Å². The van der Waals surface area contributed by atoms with Gasteiger partial charge >= 0.3 is 5.51 Å². The number of hydrogen-bond donors (Lipinski definition) is 1. The lowest BCUT2D eigenvalue weighted by Gasteiger charge is -2.11. The number of primary sulfonamides is 1. The molecule has 0 bridgehead atoms. The van der Waals surface area contributed by atoms with Crippen LogP contribution in [0.1, 0.15) is 0 Å². The van der Waals surface area contributed by atoms with Crippen LogP contribution in [0, 0.1) is 5.82 Å². The highest BCUT2D eigenvalue weighted by atomic mass is 32.2. The lowest BCUT2D eigenvalue weighted by Crippen LogP contribution is -2.26. The van der Waals surface area contributed by atoms with Gasteiger partial charge in [-0.25, -0.2) is 26.4 Å². The van der Waals surface area contributed by atoms with Crippen molar-refractivity contribution in [1.29, 1.82) is 0 Å². The van der Waals surface area contributed by atoms with Gasteiger partial charge in [0.25, 0.3) is 9.84 Å². The quantitative estimate of drug-likeness (QED) is 0.816. The Morgan fingerprint density at radius 3 is 1.89 bits per heavy atom. The largest absolute Gasteiger partial charge is 0.501 e. The van der Waals surface area contributed by atoms with Crippen molar-refractivity contribution in [2.75, 3.05) is 0 Å². The van der Waals surface area contributed by atoms with Gasteiger partial charge in [-0.15, -0.1) is 0 Å². The minimum Gasteiger partial charge on any atom is -0.225 e. The summed E-state index contributed by atoms with van der Waals surface area (Å²) in [6, 6.07) is 0.779. The smallest absolute Gasteiger partial charge is 0.225 e. The molecular weight excluding hydrogens is 302 g/mol. The van der Waals surface area contributed by atoms with Gasteiger partial charge in [0.05, 0.1) is 4.90 Å². The number of sulfonamides is 1. The Bertz CT molecular complexity index is 678. The van der Waals surface area contributed by atoms with Crippen LogP contribution in [0.15, 0.2) is 28.0 Å². The molecule has 1 aromatic rings. The minimum absolute atomic E-state index is 0.0530. The van der Waals surface area contributed by atoms with Crippen molar-refractivity contribution in [3.63, 3.8) is 0 Å². The molecule has 0 amide bonds. The minimum atomic E-state index is -6.01. The molecule has 18 heavy (non-hydrogen) atoms. The van der Waals surface area contributed by atoms with E-state index in [1.54, 1.807) is 0 Å².